The average Bonchev–Trinajstić information content (AvgIpc) is 3.61. The largest absolute Gasteiger partial charge is 0.340 e. The third-order valence-corrected chi connectivity index (χ3v) is 6.17. The van der Waals surface area contributed by atoms with Gasteiger partial charge < -0.3 is 10.6 Å². The molecule has 8 nitrogen and oxygen atoms in total. The summed E-state index contributed by atoms with van der Waals surface area (Å²) in [4.78, 5) is 24.6. The molecule has 0 unspecified atom stereocenters. The van der Waals surface area contributed by atoms with E-state index in [1.807, 2.05) is 66.9 Å². The number of benzene rings is 2. The molecule has 0 spiro atoms. The summed E-state index contributed by atoms with van der Waals surface area (Å²) in [5.41, 5.74) is 7.02. The maximum atomic E-state index is 12.8. The minimum absolute atomic E-state index is 0.0297. The lowest BCUT2D eigenvalue weighted by Crippen LogP contribution is -2.31. The number of para-hydroxylation sites is 2. The number of hydrazone groups is 1. The van der Waals surface area contributed by atoms with Gasteiger partial charge in [-0.15, -0.1) is 0 Å². The van der Waals surface area contributed by atoms with Crippen LogP contribution in [0.5, 0.6) is 0 Å². The van der Waals surface area contributed by atoms with Crippen LogP contribution < -0.4 is 16.1 Å². The SMILES string of the molecule is C=C/C(=C\C=C1/CC=NN1)Nc1nc(-c2ccccc2NC(=O)CN2CCCC2)nc2ccccc12. The molecule has 5 rings (SSSR count). The molecule has 8 heteroatoms. The van der Waals surface area contributed by atoms with Crippen molar-refractivity contribution in [1.82, 2.24) is 20.3 Å². The molecule has 0 radical (unpaired) electrons. The van der Waals surface area contributed by atoms with Gasteiger partial charge in [-0.05, 0) is 68.4 Å². The fourth-order valence-corrected chi connectivity index (χ4v) is 4.32. The van der Waals surface area contributed by atoms with Crippen LogP contribution in [0, 0.1) is 0 Å². The molecule has 2 aromatic carbocycles. The lowest BCUT2D eigenvalue weighted by molar-refractivity contribution is -0.117. The van der Waals surface area contributed by atoms with Gasteiger partial charge in [0.05, 0.1) is 17.7 Å². The van der Waals surface area contributed by atoms with Crippen LogP contribution in [0.4, 0.5) is 11.5 Å². The van der Waals surface area contributed by atoms with E-state index in [-0.39, 0.29) is 5.91 Å². The third-order valence-electron chi connectivity index (χ3n) is 6.17. The van der Waals surface area contributed by atoms with Crippen LogP contribution in [-0.4, -0.2) is 46.6 Å². The fraction of sp³-hybridized carbons (Fsp3) is 0.214. The van der Waals surface area contributed by atoms with Gasteiger partial charge in [0.1, 0.15) is 5.82 Å². The summed E-state index contributed by atoms with van der Waals surface area (Å²) in [6.07, 6.45) is 10.5. The van der Waals surface area contributed by atoms with E-state index in [0.29, 0.717) is 23.9 Å². The van der Waals surface area contributed by atoms with Crippen molar-refractivity contribution < 1.29 is 4.79 Å². The van der Waals surface area contributed by atoms with Gasteiger partial charge in [0, 0.05) is 35.0 Å². The summed E-state index contributed by atoms with van der Waals surface area (Å²) in [5.74, 6) is 1.16. The van der Waals surface area contributed by atoms with Crippen LogP contribution in [-0.2, 0) is 4.79 Å². The van der Waals surface area contributed by atoms with Crippen LogP contribution >= 0.6 is 0 Å². The average molecular weight is 480 g/mol. The highest BCUT2D eigenvalue weighted by Crippen LogP contribution is 2.30. The predicted molar refractivity (Wildman–Crippen MR) is 146 cm³/mol. The molecular formula is C28H29N7O. The van der Waals surface area contributed by atoms with Crippen molar-refractivity contribution in [3.8, 4) is 11.4 Å². The van der Waals surface area contributed by atoms with E-state index in [0.717, 1.165) is 60.2 Å². The number of fused-ring (bicyclic) bond motifs is 1. The summed E-state index contributed by atoms with van der Waals surface area (Å²) in [5, 5.41) is 11.4. The summed E-state index contributed by atoms with van der Waals surface area (Å²) in [6, 6.07) is 15.5. The number of likely N-dealkylation sites (tertiary alicyclic amines) is 1. The molecule has 0 aliphatic carbocycles. The number of allylic oxidation sites excluding steroid dienone is 4. The monoisotopic (exact) mass is 479 g/mol. The van der Waals surface area contributed by atoms with Crippen LogP contribution in [0.1, 0.15) is 19.3 Å². The minimum atomic E-state index is -0.0297. The maximum absolute atomic E-state index is 12.8. The summed E-state index contributed by atoms with van der Waals surface area (Å²) < 4.78 is 0. The molecule has 2 aliphatic rings. The predicted octanol–water partition coefficient (Wildman–Crippen LogP) is 4.68. The first kappa shape index (κ1) is 23.4. The molecule has 1 saturated heterocycles. The van der Waals surface area contributed by atoms with Gasteiger partial charge in [0.25, 0.3) is 0 Å². The van der Waals surface area contributed by atoms with Crippen LogP contribution in [0.2, 0.25) is 0 Å². The quantitative estimate of drug-likeness (QED) is 0.406. The second-order valence-corrected chi connectivity index (χ2v) is 8.76. The highest BCUT2D eigenvalue weighted by Gasteiger charge is 2.18. The second kappa shape index (κ2) is 11.0. The molecule has 3 heterocycles. The number of anilines is 2. The van der Waals surface area contributed by atoms with Crippen LogP contribution in [0.15, 0.2) is 89.8 Å². The first-order chi connectivity index (χ1) is 17.7. The Morgan fingerprint density at radius 3 is 2.67 bits per heavy atom. The van der Waals surface area contributed by atoms with Crippen molar-refractivity contribution in [3.05, 3.63) is 84.7 Å². The van der Waals surface area contributed by atoms with Crippen molar-refractivity contribution in [2.24, 2.45) is 5.10 Å². The van der Waals surface area contributed by atoms with Crippen LogP contribution in [0.3, 0.4) is 0 Å². The Kier molecular flexibility index (Phi) is 7.14. The molecule has 36 heavy (non-hydrogen) atoms. The first-order valence-corrected chi connectivity index (χ1v) is 12.2. The summed E-state index contributed by atoms with van der Waals surface area (Å²) >= 11 is 0. The lowest BCUT2D eigenvalue weighted by Gasteiger charge is -2.16. The maximum Gasteiger partial charge on any atom is 0.238 e. The topological polar surface area (TPSA) is 94.5 Å². The number of hydrogen-bond acceptors (Lipinski definition) is 7. The molecule has 0 atom stereocenters. The lowest BCUT2D eigenvalue weighted by atomic mass is 10.1. The number of carbonyl (C=O) groups is 1. The van der Waals surface area contributed by atoms with Gasteiger partial charge >= 0.3 is 0 Å². The van der Waals surface area contributed by atoms with E-state index in [9.17, 15) is 4.79 Å². The Morgan fingerprint density at radius 1 is 1.06 bits per heavy atom. The molecule has 2 aliphatic heterocycles. The number of carbonyl (C=O) groups excluding carboxylic acids is 1. The van der Waals surface area contributed by atoms with E-state index in [1.165, 1.54) is 0 Å². The van der Waals surface area contributed by atoms with Gasteiger partial charge in [-0.2, -0.15) is 5.10 Å². The number of nitrogens with zero attached hydrogens (tertiary/aromatic N) is 4. The number of nitrogens with one attached hydrogen (secondary N) is 3. The zero-order valence-corrected chi connectivity index (χ0v) is 20.1. The summed E-state index contributed by atoms with van der Waals surface area (Å²) in [7, 11) is 0. The molecular weight excluding hydrogens is 450 g/mol. The number of rotatable bonds is 8. The summed E-state index contributed by atoms with van der Waals surface area (Å²) in [6.45, 7) is 6.27. The Balaban J connectivity index is 1.46. The van der Waals surface area contributed by atoms with Gasteiger partial charge in [-0.25, -0.2) is 9.97 Å². The highest BCUT2D eigenvalue weighted by atomic mass is 16.2. The Hall–Kier alpha value is -4.30. The van der Waals surface area contributed by atoms with Crippen molar-refractivity contribution in [2.75, 3.05) is 30.3 Å². The van der Waals surface area contributed by atoms with E-state index < -0.39 is 0 Å². The number of hydrogen-bond donors (Lipinski definition) is 3. The van der Waals surface area contributed by atoms with E-state index in [2.05, 4.69) is 32.6 Å². The molecule has 0 bridgehead atoms. The Morgan fingerprint density at radius 2 is 1.86 bits per heavy atom. The van der Waals surface area contributed by atoms with Crippen LogP contribution in [0.25, 0.3) is 22.3 Å². The fourth-order valence-electron chi connectivity index (χ4n) is 4.32. The standard InChI is InChI=1S/C28H29N7O/c1-2-20(13-14-21-15-16-29-34-21)30-27-23-10-4-6-12-25(23)32-28(33-27)22-9-3-5-11-24(22)31-26(36)19-35-17-7-8-18-35/h2-6,9-14,16,34H,1,7-8,15,17-19H2,(H,31,36)(H,30,32,33)/b20-13+,21-14+. The normalized spacial score (nSPS) is 16.9. The smallest absolute Gasteiger partial charge is 0.238 e. The first-order valence-electron chi connectivity index (χ1n) is 12.2. The number of aromatic nitrogens is 2. The van der Waals surface area contributed by atoms with Gasteiger partial charge in [0.15, 0.2) is 5.82 Å². The minimum Gasteiger partial charge on any atom is -0.340 e. The van der Waals surface area contributed by atoms with Crippen molar-refractivity contribution >= 4 is 34.5 Å². The molecule has 3 aromatic rings. The van der Waals surface area contributed by atoms with Gasteiger partial charge in [-0.1, -0.05) is 30.8 Å². The van der Waals surface area contributed by atoms with Gasteiger partial charge in [0.2, 0.25) is 5.91 Å². The van der Waals surface area contributed by atoms with Crippen molar-refractivity contribution in [1.29, 1.82) is 0 Å². The molecule has 0 saturated carbocycles. The number of amides is 1. The third kappa shape index (κ3) is 5.50. The van der Waals surface area contributed by atoms with Crippen molar-refractivity contribution in [3.63, 3.8) is 0 Å². The highest BCUT2D eigenvalue weighted by molar-refractivity contribution is 5.97. The zero-order valence-electron chi connectivity index (χ0n) is 20.1. The molecule has 182 valence electrons. The zero-order chi connectivity index (χ0) is 24.7. The second-order valence-electron chi connectivity index (χ2n) is 8.76. The molecule has 3 N–H and O–H groups in total. The molecule has 1 amide bonds. The molecule has 1 aromatic heterocycles. The van der Waals surface area contributed by atoms with Crippen molar-refractivity contribution in [2.45, 2.75) is 19.3 Å². The Labute approximate surface area is 210 Å². The Bertz CT molecular complexity index is 1360. The molecule has 1 fully saturated rings. The van der Waals surface area contributed by atoms with E-state index in [4.69, 9.17) is 9.97 Å². The van der Waals surface area contributed by atoms with Gasteiger partial charge in [-0.3, -0.25) is 15.1 Å². The van der Waals surface area contributed by atoms with E-state index >= 15 is 0 Å². The van der Waals surface area contributed by atoms with E-state index in [1.54, 1.807) is 6.08 Å².